The largest absolute Gasteiger partial charge is 0.349 e. The fraction of sp³-hybridized carbons (Fsp3) is 0.286. The Hall–Kier alpha value is -2.34. The van der Waals surface area contributed by atoms with Crippen LogP contribution in [-0.2, 0) is 13.0 Å². The van der Waals surface area contributed by atoms with E-state index in [0.717, 1.165) is 29.9 Å². The number of aryl methyl sites for hydroxylation is 1. The molecular formula is C14H19N5O. The smallest absolute Gasteiger partial charge is 0.319 e. The highest BCUT2D eigenvalue weighted by molar-refractivity contribution is 5.89. The van der Waals surface area contributed by atoms with Crippen molar-refractivity contribution < 1.29 is 4.79 Å². The maximum atomic E-state index is 11.7. The zero-order valence-electron chi connectivity index (χ0n) is 11.2. The highest BCUT2D eigenvalue weighted by atomic mass is 16.2. The molecule has 5 N–H and O–H groups in total. The highest BCUT2D eigenvalue weighted by Gasteiger charge is 2.01. The second-order valence-electron chi connectivity index (χ2n) is 4.42. The molecule has 6 nitrogen and oxygen atoms in total. The van der Waals surface area contributed by atoms with E-state index >= 15 is 0 Å². The topological polar surface area (TPSA) is 95.8 Å². The molecule has 6 heteroatoms. The fourth-order valence-electron chi connectivity index (χ4n) is 1.79. The minimum atomic E-state index is -0.204. The second kappa shape index (κ2) is 7.30. The van der Waals surface area contributed by atoms with Crippen molar-refractivity contribution in [3.8, 4) is 0 Å². The van der Waals surface area contributed by atoms with Gasteiger partial charge in [-0.15, -0.1) is 0 Å². The molecule has 0 saturated heterocycles. The number of nitrogens with one attached hydrogen (secondary N) is 3. The van der Waals surface area contributed by atoms with Crippen LogP contribution in [-0.4, -0.2) is 22.5 Å². The Morgan fingerprint density at radius 2 is 2.10 bits per heavy atom. The molecule has 0 unspecified atom stereocenters. The molecule has 106 valence electrons. The number of carbonyl (C=O) groups excluding carboxylic acids is 1. The van der Waals surface area contributed by atoms with Crippen LogP contribution in [0.25, 0.3) is 0 Å². The standard InChI is InChI=1S/C14H19N5O/c15-10-11-3-5-12(6-4-11)19-14(20)18-7-1-2-13-16-8-9-17-13/h3-6,8-9H,1-2,7,10,15H2,(H,16,17)(H2,18,19,20). The lowest BCUT2D eigenvalue weighted by atomic mass is 10.2. The molecule has 0 radical (unpaired) electrons. The Labute approximate surface area is 117 Å². The molecule has 0 aliphatic carbocycles. The van der Waals surface area contributed by atoms with Crippen LogP contribution in [0.15, 0.2) is 36.7 Å². The Bertz CT molecular complexity index is 521. The number of rotatable bonds is 6. The molecule has 2 amide bonds. The molecule has 0 spiro atoms. The predicted molar refractivity (Wildman–Crippen MR) is 78.3 cm³/mol. The van der Waals surface area contributed by atoms with E-state index in [2.05, 4.69) is 20.6 Å². The number of carbonyl (C=O) groups is 1. The number of nitrogens with zero attached hydrogens (tertiary/aromatic N) is 1. The van der Waals surface area contributed by atoms with Gasteiger partial charge in [-0.3, -0.25) is 0 Å². The normalized spacial score (nSPS) is 10.2. The Morgan fingerprint density at radius 1 is 1.30 bits per heavy atom. The Balaban J connectivity index is 1.66. The van der Waals surface area contributed by atoms with E-state index in [4.69, 9.17) is 5.73 Å². The van der Waals surface area contributed by atoms with Gasteiger partial charge in [-0.25, -0.2) is 9.78 Å². The highest BCUT2D eigenvalue weighted by Crippen LogP contribution is 2.08. The van der Waals surface area contributed by atoms with Crippen molar-refractivity contribution in [3.63, 3.8) is 0 Å². The number of imidazole rings is 1. The number of aromatic nitrogens is 2. The van der Waals surface area contributed by atoms with E-state index in [-0.39, 0.29) is 6.03 Å². The molecule has 2 aromatic rings. The van der Waals surface area contributed by atoms with E-state index in [9.17, 15) is 4.79 Å². The first kappa shape index (κ1) is 14.1. The van der Waals surface area contributed by atoms with Crippen LogP contribution >= 0.6 is 0 Å². The van der Waals surface area contributed by atoms with E-state index in [1.54, 1.807) is 12.4 Å². The number of nitrogens with two attached hydrogens (primary N) is 1. The van der Waals surface area contributed by atoms with Crippen molar-refractivity contribution >= 4 is 11.7 Å². The third-order valence-corrected chi connectivity index (χ3v) is 2.88. The Kier molecular flexibility index (Phi) is 5.14. The number of benzene rings is 1. The summed E-state index contributed by atoms with van der Waals surface area (Å²) in [5, 5.41) is 5.58. The van der Waals surface area contributed by atoms with Gasteiger partial charge in [-0.05, 0) is 24.1 Å². The minimum absolute atomic E-state index is 0.204. The first-order valence-corrected chi connectivity index (χ1v) is 6.60. The van der Waals surface area contributed by atoms with Crippen LogP contribution in [0.3, 0.4) is 0 Å². The maximum Gasteiger partial charge on any atom is 0.319 e. The first-order chi connectivity index (χ1) is 9.78. The van der Waals surface area contributed by atoms with E-state index < -0.39 is 0 Å². The van der Waals surface area contributed by atoms with Crippen LogP contribution in [0.5, 0.6) is 0 Å². The lowest BCUT2D eigenvalue weighted by Gasteiger charge is -2.07. The van der Waals surface area contributed by atoms with Crippen molar-refractivity contribution in [2.75, 3.05) is 11.9 Å². The monoisotopic (exact) mass is 273 g/mol. The lowest BCUT2D eigenvalue weighted by Crippen LogP contribution is -2.29. The maximum absolute atomic E-state index is 11.7. The number of hydrogen-bond donors (Lipinski definition) is 4. The van der Waals surface area contributed by atoms with Crippen molar-refractivity contribution in [1.82, 2.24) is 15.3 Å². The molecule has 20 heavy (non-hydrogen) atoms. The fourth-order valence-corrected chi connectivity index (χ4v) is 1.79. The average molecular weight is 273 g/mol. The third kappa shape index (κ3) is 4.40. The number of amides is 2. The van der Waals surface area contributed by atoms with Crippen LogP contribution in [0.2, 0.25) is 0 Å². The lowest BCUT2D eigenvalue weighted by molar-refractivity contribution is 0.252. The predicted octanol–water partition coefficient (Wildman–Crippen LogP) is 1.62. The van der Waals surface area contributed by atoms with Gasteiger partial charge < -0.3 is 21.4 Å². The van der Waals surface area contributed by atoms with Gasteiger partial charge >= 0.3 is 6.03 Å². The molecule has 0 aliphatic heterocycles. The molecule has 1 aromatic heterocycles. The molecule has 0 bridgehead atoms. The van der Waals surface area contributed by atoms with Crippen molar-refractivity contribution in [2.45, 2.75) is 19.4 Å². The molecule has 0 atom stereocenters. The van der Waals surface area contributed by atoms with Crippen molar-refractivity contribution in [3.05, 3.63) is 48.0 Å². The number of anilines is 1. The van der Waals surface area contributed by atoms with Gasteiger partial charge in [0.25, 0.3) is 0 Å². The van der Waals surface area contributed by atoms with Gasteiger partial charge in [0.1, 0.15) is 5.82 Å². The summed E-state index contributed by atoms with van der Waals surface area (Å²) in [4.78, 5) is 18.8. The van der Waals surface area contributed by atoms with E-state index in [1.165, 1.54) is 0 Å². The number of aromatic amines is 1. The number of urea groups is 1. The zero-order chi connectivity index (χ0) is 14.2. The van der Waals surface area contributed by atoms with Gasteiger partial charge in [0.05, 0.1) is 0 Å². The summed E-state index contributed by atoms with van der Waals surface area (Å²) in [6, 6.07) is 7.26. The summed E-state index contributed by atoms with van der Waals surface area (Å²) in [7, 11) is 0. The van der Waals surface area contributed by atoms with Crippen LogP contribution in [0.1, 0.15) is 17.8 Å². The summed E-state index contributed by atoms with van der Waals surface area (Å²) < 4.78 is 0. The minimum Gasteiger partial charge on any atom is -0.349 e. The second-order valence-corrected chi connectivity index (χ2v) is 4.42. The van der Waals surface area contributed by atoms with Gasteiger partial charge in [0.15, 0.2) is 0 Å². The van der Waals surface area contributed by atoms with Gasteiger partial charge in [-0.1, -0.05) is 12.1 Å². The van der Waals surface area contributed by atoms with Gasteiger partial charge in [-0.2, -0.15) is 0 Å². The SMILES string of the molecule is NCc1ccc(NC(=O)NCCCc2ncc[nH]2)cc1. The summed E-state index contributed by atoms with van der Waals surface area (Å²) in [6.07, 6.45) is 5.17. The molecule has 0 fully saturated rings. The molecule has 0 aliphatic rings. The third-order valence-electron chi connectivity index (χ3n) is 2.88. The molecule has 1 aromatic carbocycles. The first-order valence-electron chi connectivity index (χ1n) is 6.60. The average Bonchev–Trinajstić information content (AvgIpc) is 2.98. The Morgan fingerprint density at radius 3 is 2.75 bits per heavy atom. The zero-order valence-corrected chi connectivity index (χ0v) is 11.2. The molecule has 2 rings (SSSR count). The van der Waals surface area contributed by atoms with Gasteiger partial charge in [0.2, 0.25) is 0 Å². The van der Waals surface area contributed by atoms with Crippen LogP contribution in [0.4, 0.5) is 10.5 Å². The molecule has 1 heterocycles. The van der Waals surface area contributed by atoms with Gasteiger partial charge in [0, 0.05) is 37.6 Å². The summed E-state index contributed by atoms with van der Waals surface area (Å²) in [5.74, 6) is 0.935. The summed E-state index contributed by atoms with van der Waals surface area (Å²) in [6.45, 7) is 1.10. The summed E-state index contributed by atoms with van der Waals surface area (Å²) >= 11 is 0. The molecular weight excluding hydrogens is 254 g/mol. The quantitative estimate of drug-likeness (QED) is 0.602. The number of H-pyrrole nitrogens is 1. The number of hydrogen-bond acceptors (Lipinski definition) is 3. The summed E-state index contributed by atoms with van der Waals surface area (Å²) in [5.41, 5.74) is 7.31. The molecule has 0 saturated carbocycles. The van der Waals surface area contributed by atoms with Crippen LogP contribution in [0, 0.1) is 0 Å². The van der Waals surface area contributed by atoms with Crippen molar-refractivity contribution in [1.29, 1.82) is 0 Å². The van der Waals surface area contributed by atoms with Crippen molar-refractivity contribution in [2.24, 2.45) is 5.73 Å². The van der Waals surface area contributed by atoms with E-state index in [0.29, 0.717) is 13.1 Å². The van der Waals surface area contributed by atoms with Crippen LogP contribution < -0.4 is 16.4 Å². The van der Waals surface area contributed by atoms with E-state index in [1.807, 2.05) is 24.3 Å².